The molecule has 1 aromatic rings. The summed E-state index contributed by atoms with van der Waals surface area (Å²) in [5.41, 5.74) is 6.81. The van der Waals surface area contributed by atoms with E-state index in [0.717, 1.165) is 18.2 Å². The quantitative estimate of drug-likeness (QED) is 0.820. The fraction of sp³-hybridized carbons (Fsp3) is 0.500. The van der Waals surface area contributed by atoms with Crippen LogP contribution >= 0.6 is 0 Å². The highest BCUT2D eigenvalue weighted by Crippen LogP contribution is 2.27. The SMILES string of the molecule is NC(=O)c1ccc(NCCC2CCCC2)cc1. The van der Waals surface area contributed by atoms with E-state index in [-0.39, 0.29) is 5.91 Å². The molecule has 92 valence electrons. The van der Waals surface area contributed by atoms with Crippen molar-refractivity contribution in [1.82, 2.24) is 0 Å². The van der Waals surface area contributed by atoms with E-state index < -0.39 is 0 Å². The number of primary amides is 1. The summed E-state index contributed by atoms with van der Waals surface area (Å²) in [6.45, 7) is 1.01. The Morgan fingerprint density at radius 2 is 1.88 bits per heavy atom. The van der Waals surface area contributed by atoms with Crippen molar-refractivity contribution in [3.63, 3.8) is 0 Å². The van der Waals surface area contributed by atoms with E-state index >= 15 is 0 Å². The van der Waals surface area contributed by atoms with Gasteiger partial charge >= 0.3 is 0 Å². The fourth-order valence-electron chi connectivity index (χ4n) is 2.47. The standard InChI is InChI=1S/C14H20N2O/c15-14(17)12-5-7-13(8-6-12)16-10-9-11-3-1-2-4-11/h5-8,11,16H,1-4,9-10H2,(H2,15,17). The van der Waals surface area contributed by atoms with Gasteiger partial charge in [0.15, 0.2) is 0 Å². The maximum absolute atomic E-state index is 10.9. The van der Waals surface area contributed by atoms with Crippen LogP contribution in [-0.2, 0) is 0 Å². The van der Waals surface area contributed by atoms with E-state index in [0.29, 0.717) is 5.56 Å². The molecule has 1 amide bonds. The molecule has 0 atom stereocenters. The van der Waals surface area contributed by atoms with Crippen molar-refractivity contribution in [1.29, 1.82) is 0 Å². The van der Waals surface area contributed by atoms with Crippen molar-refractivity contribution in [2.24, 2.45) is 11.7 Å². The number of nitrogens with one attached hydrogen (secondary N) is 1. The average molecular weight is 232 g/mol. The lowest BCUT2D eigenvalue weighted by molar-refractivity contribution is 0.100. The zero-order valence-electron chi connectivity index (χ0n) is 10.1. The third-order valence-corrected chi connectivity index (χ3v) is 3.53. The van der Waals surface area contributed by atoms with Gasteiger partial charge in [-0.2, -0.15) is 0 Å². The fourth-order valence-corrected chi connectivity index (χ4v) is 2.47. The van der Waals surface area contributed by atoms with Crippen molar-refractivity contribution < 1.29 is 4.79 Å². The highest BCUT2D eigenvalue weighted by molar-refractivity contribution is 5.93. The molecule has 0 saturated heterocycles. The van der Waals surface area contributed by atoms with E-state index in [9.17, 15) is 4.79 Å². The Morgan fingerprint density at radius 3 is 2.47 bits per heavy atom. The molecule has 3 heteroatoms. The smallest absolute Gasteiger partial charge is 0.248 e. The minimum atomic E-state index is -0.373. The molecule has 3 nitrogen and oxygen atoms in total. The average Bonchev–Trinajstić information content (AvgIpc) is 2.83. The summed E-state index contributed by atoms with van der Waals surface area (Å²) in [7, 11) is 0. The molecule has 17 heavy (non-hydrogen) atoms. The number of hydrogen-bond acceptors (Lipinski definition) is 2. The lowest BCUT2D eigenvalue weighted by atomic mass is 10.0. The van der Waals surface area contributed by atoms with Gasteiger partial charge in [-0.05, 0) is 36.6 Å². The van der Waals surface area contributed by atoms with Crippen LogP contribution in [0.1, 0.15) is 42.5 Å². The third-order valence-electron chi connectivity index (χ3n) is 3.53. The lowest BCUT2D eigenvalue weighted by Gasteiger charge is -2.10. The zero-order chi connectivity index (χ0) is 12.1. The van der Waals surface area contributed by atoms with Gasteiger partial charge in [-0.15, -0.1) is 0 Å². The van der Waals surface area contributed by atoms with Crippen LogP contribution in [0.25, 0.3) is 0 Å². The van der Waals surface area contributed by atoms with Crippen molar-refractivity contribution in [2.75, 3.05) is 11.9 Å². The second kappa shape index (κ2) is 5.71. The Bertz CT molecular complexity index is 366. The maximum Gasteiger partial charge on any atom is 0.248 e. The van der Waals surface area contributed by atoms with Crippen LogP contribution < -0.4 is 11.1 Å². The molecule has 1 aliphatic carbocycles. The van der Waals surface area contributed by atoms with E-state index in [1.54, 1.807) is 12.1 Å². The Kier molecular flexibility index (Phi) is 4.02. The molecule has 0 spiro atoms. The van der Waals surface area contributed by atoms with E-state index in [2.05, 4.69) is 5.32 Å². The molecule has 0 bridgehead atoms. The van der Waals surface area contributed by atoms with Gasteiger partial charge in [0.25, 0.3) is 0 Å². The first kappa shape index (κ1) is 12.0. The Labute approximate surface area is 102 Å². The first-order valence-electron chi connectivity index (χ1n) is 6.39. The number of anilines is 1. The molecule has 0 radical (unpaired) electrons. The summed E-state index contributed by atoms with van der Waals surface area (Å²) in [6, 6.07) is 7.35. The number of amides is 1. The predicted octanol–water partition coefficient (Wildman–Crippen LogP) is 2.78. The molecule has 0 aliphatic heterocycles. The normalized spacial score (nSPS) is 16.0. The van der Waals surface area contributed by atoms with E-state index in [1.165, 1.54) is 32.1 Å². The molecule has 0 aromatic heterocycles. The van der Waals surface area contributed by atoms with Crippen LogP contribution in [0.2, 0.25) is 0 Å². The van der Waals surface area contributed by atoms with Crippen molar-refractivity contribution in [3.05, 3.63) is 29.8 Å². The minimum absolute atomic E-state index is 0.373. The summed E-state index contributed by atoms with van der Waals surface area (Å²) in [4.78, 5) is 10.9. The topological polar surface area (TPSA) is 55.1 Å². The van der Waals surface area contributed by atoms with Gasteiger partial charge in [0.05, 0.1) is 0 Å². The molecule has 1 fully saturated rings. The summed E-state index contributed by atoms with van der Waals surface area (Å²) >= 11 is 0. The maximum atomic E-state index is 10.9. The molecule has 3 N–H and O–H groups in total. The van der Waals surface area contributed by atoms with Crippen LogP contribution in [0, 0.1) is 5.92 Å². The molecule has 1 saturated carbocycles. The number of carbonyl (C=O) groups excluding carboxylic acids is 1. The highest BCUT2D eigenvalue weighted by atomic mass is 16.1. The summed E-state index contributed by atoms with van der Waals surface area (Å²) in [5, 5.41) is 3.39. The van der Waals surface area contributed by atoms with Crippen LogP contribution in [0.5, 0.6) is 0 Å². The summed E-state index contributed by atoms with van der Waals surface area (Å²) in [6.07, 6.45) is 6.83. The van der Waals surface area contributed by atoms with Crippen molar-refractivity contribution >= 4 is 11.6 Å². The molecular formula is C14H20N2O. The minimum Gasteiger partial charge on any atom is -0.385 e. The predicted molar refractivity (Wildman–Crippen MR) is 70.0 cm³/mol. The Morgan fingerprint density at radius 1 is 1.24 bits per heavy atom. The number of rotatable bonds is 5. The van der Waals surface area contributed by atoms with E-state index in [4.69, 9.17) is 5.73 Å². The number of benzene rings is 1. The number of hydrogen-bond donors (Lipinski definition) is 2. The number of nitrogens with two attached hydrogens (primary N) is 1. The number of carbonyl (C=O) groups is 1. The Balaban J connectivity index is 1.76. The lowest BCUT2D eigenvalue weighted by Crippen LogP contribution is -2.11. The van der Waals surface area contributed by atoms with Gasteiger partial charge in [0.1, 0.15) is 0 Å². The van der Waals surface area contributed by atoms with Gasteiger partial charge in [-0.25, -0.2) is 0 Å². The second-order valence-electron chi connectivity index (χ2n) is 4.81. The zero-order valence-corrected chi connectivity index (χ0v) is 10.1. The highest BCUT2D eigenvalue weighted by Gasteiger charge is 2.13. The molecule has 1 aromatic carbocycles. The van der Waals surface area contributed by atoms with Crippen LogP contribution in [0.3, 0.4) is 0 Å². The van der Waals surface area contributed by atoms with Gasteiger partial charge in [-0.3, -0.25) is 4.79 Å². The summed E-state index contributed by atoms with van der Waals surface area (Å²) in [5.74, 6) is 0.537. The van der Waals surface area contributed by atoms with Gasteiger partial charge < -0.3 is 11.1 Å². The largest absolute Gasteiger partial charge is 0.385 e. The first-order chi connectivity index (χ1) is 8.25. The molecular weight excluding hydrogens is 212 g/mol. The second-order valence-corrected chi connectivity index (χ2v) is 4.81. The van der Waals surface area contributed by atoms with E-state index in [1.807, 2.05) is 12.1 Å². The third kappa shape index (κ3) is 3.48. The van der Waals surface area contributed by atoms with Crippen LogP contribution in [0.15, 0.2) is 24.3 Å². The van der Waals surface area contributed by atoms with Crippen LogP contribution in [-0.4, -0.2) is 12.5 Å². The van der Waals surface area contributed by atoms with Crippen molar-refractivity contribution in [2.45, 2.75) is 32.1 Å². The first-order valence-corrected chi connectivity index (χ1v) is 6.39. The monoisotopic (exact) mass is 232 g/mol. The van der Waals surface area contributed by atoms with Gasteiger partial charge in [-0.1, -0.05) is 25.7 Å². The molecule has 2 rings (SSSR count). The molecule has 0 unspecified atom stereocenters. The van der Waals surface area contributed by atoms with Gasteiger partial charge in [0.2, 0.25) is 5.91 Å². The van der Waals surface area contributed by atoms with Crippen molar-refractivity contribution in [3.8, 4) is 0 Å². The molecule has 0 heterocycles. The summed E-state index contributed by atoms with van der Waals surface area (Å²) < 4.78 is 0. The molecule has 1 aliphatic rings. The van der Waals surface area contributed by atoms with Crippen LogP contribution in [0.4, 0.5) is 5.69 Å². The Hall–Kier alpha value is -1.51. The van der Waals surface area contributed by atoms with Gasteiger partial charge in [0, 0.05) is 17.8 Å².